The van der Waals surface area contributed by atoms with Crippen molar-refractivity contribution in [3.05, 3.63) is 45.3 Å². The second kappa shape index (κ2) is 4.53. The minimum absolute atomic E-state index is 0.183. The van der Waals surface area contributed by atoms with Crippen molar-refractivity contribution in [1.29, 1.82) is 0 Å². The van der Waals surface area contributed by atoms with Crippen LogP contribution in [0.25, 0.3) is 5.69 Å². The number of hydrogen-bond donors (Lipinski definition) is 1. The van der Waals surface area contributed by atoms with Crippen molar-refractivity contribution in [2.24, 2.45) is 7.05 Å². The van der Waals surface area contributed by atoms with E-state index in [-0.39, 0.29) is 11.5 Å². The third-order valence-corrected chi connectivity index (χ3v) is 3.18. The van der Waals surface area contributed by atoms with E-state index < -0.39 is 0 Å². The van der Waals surface area contributed by atoms with Crippen LogP contribution in [0.5, 0.6) is 0 Å². The minimum atomic E-state index is -0.205. The van der Waals surface area contributed by atoms with Gasteiger partial charge >= 0.3 is 0 Å². The summed E-state index contributed by atoms with van der Waals surface area (Å²) >= 11 is 5.95. The third-order valence-electron chi connectivity index (χ3n) is 2.95. The lowest BCUT2D eigenvalue weighted by Gasteiger charge is -2.12. The number of rotatable bonds is 2. The van der Waals surface area contributed by atoms with Crippen LogP contribution in [-0.2, 0) is 7.05 Å². The van der Waals surface area contributed by atoms with Gasteiger partial charge in [0.05, 0.1) is 11.4 Å². The second-order valence-electron chi connectivity index (χ2n) is 4.57. The molecule has 0 saturated carbocycles. The SMILES string of the molecule is CC(C)c1c(N)c(=O)n(-c2cccc(Cl)c2)n1C. The quantitative estimate of drug-likeness (QED) is 0.907. The van der Waals surface area contributed by atoms with E-state index >= 15 is 0 Å². The van der Waals surface area contributed by atoms with Gasteiger partial charge in [-0.25, -0.2) is 4.68 Å². The van der Waals surface area contributed by atoms with Gasteiger partial charge < -0.3 is 5.73 Å². The molecule has 0 aliphatic rings. The van der Waals surface area contributed by atoms with Crippen molar-refractivity contribution in [2.45, 2.75) is 19.8 Å². The van der Waals surface area contributed by atoms with Crippen LogP contribution in [0.15, 0.2) is 29.1 Å². The lowest BCUT2D eigenvalue weighted by molar-refractivity contribution is 0.595. The van der Waals surface area contributed by atoms with Crippen molar-refractivity contribution in [2.75, 3.05) is 5.73 Å². The predicted molar refractivity (Wildman–Crippen MR) is 74.5 cm³/mol. The molecule has 0 unspecified atom stereocenters. The zero-order valence-electron chi connectivity index (χ0n) is 10.6. The number of benzene rings is 1. The van der Waals surface area contributed by atoms with Crippen LogP contribution in [0.2, 0.25) is 5.02 Å². The first-order chi connectivity index (χ1) is 8.43. The fourth-order valence-electron chi connectivity index (χ4n) is 2.22. The van der Waals surface area contributed by atoms with Gasteiger partial charge in [-0.05, 0) is 24.1 Å². The van der Waals surface area contributed by atoms with E-state index in [2.05, 4.69) is 0 Å². The Kier molecular flexibility index (Phi) is 3.22. The summed E-state index contributed by atoms with van der Waals surface area (Å²) in [4.78, 5) is 12.2. The first-order valence-corrected chi connectivity index (χ1v) is 6.14. The van der Waals surface area contributed by atoms with Gasteiger partial charge in [-0.2, -0.15) is 0 Å². The highest BCUT2D eigenvalue weighted by atomic mass is 35.5. The van der Waals surface area contributed by atoms with Gasteiger partial charge in [-0.3, -0.25) is 9.48 Å². The molecule has 0 aliphatic carbocycles. The highest BCUT2D eigenvalue weighted by Crippen LogP contribution is 2.21. The van der Waals surface area contributed by atoms with Gasteiger partial charge in [-0.15, -0.1) is 0 Å². The molecule has 0 saturated heterocycles. The highest BCUT2D eigenvalue weighted by molar-refractivity contribution is 6.30. The Morgan fingerprint density at radius 3 is 2.50 bits per heavy atom. The molecule has 96 valence electrons. The maximum absolute atomic E-state index is 12.2. The molecule has 1 aromatic carbocycles. The number of nitrogens with zero attached hydrogens (tertiary/aromatic N) is 2. The lowest BCUT2D eigenvalue weighted by atomic mass is 10.1. The Morgan fingerprint density at radius 2 is 2.00 bits per heavy atom. The van der Waals surface area contributed by atoms with Gasteiger partial charge in [0.2, 0.25) is 0 Å². The van der Waals surface area contributed by atoms with E-state index in [1.54, 1.807) is 16.8 Å². The zero-order chi connectivity index (χ0) is 13.4. The fourth-order valence-corrected chi connectivity index (χ4v) is 2.41. The maximum Gasteiger partial charge on any atom is 0.294 e. The van der Waals surface area contributed by atoms with E-state index in [4.69, 9.17) is 17.3 Å². The predicted octanol–water partition coefficient (Wildman–Crippen LogP) is 2.54. The number of halogens is 1. The molecule has 18 heavy (non-hydrogen) atoms. The van der Waals surface area contributed by atoms with Crippen LogP contribution < -0.4 is 11.3 Å². The third kappa shape index (κ3) is 1.93. The summed E-state index contributed by atoms with van der Waals surface area (Å²) in [6.45, 7) is 4.01. The van der Waals surface area contributed by atoms with Crippen LogP contribution in [-0.4, -0.2) is 9.36 Å². The standard InChI is InChI=1S/C13H16ClN3O/c1-8(2)12-11(15)13(18)17(16(12)3)10-6-4-5-9(14)7-10/h4-8H,15H2,1-3H3. The summed E-state index contributed by atoms with van der Waals surface area (Å²) in [6.07, 6.45) is 0. The summed E-state index contributed by atoms with van der Waals surface area (Å²) in [6, 6.07) is 7.15. The maximum atomic E-state index is 12.2. The average molecular weight is 266 g/mol. The molecule has 0 fully saturated rings. The van der Waals surface area contributed by atoms with Crippen molar-refractivity contribution >= 4 is 17.3 Å². The lowest BCUT2D eigenvalue weighted by Crippen LogP contribution is -2.20. The molecular weight excluding hydrogens is 250 g/mol. The molecule has 5 heteroatoms. The molecule has 0 amide bonds. The number of nitrogen functional groups attached to an aromatic ring is 1. The van der Waals surface area contributed by atoms with Crippen molar-refractivity contribution in [1.82, 2.24) is 9.36 Å². The Labute approximate surface area is 111 Å². The summed E-state index contributed by atoms with van der Waals surface area (Å²) in [5.41, 5.74) is 7.54. The van der Waals surface area contributed by atoms with Crippen LogP contribution in [0.1, 0.15) is 25.5 Å². The van der Waals surface area contributed by atoms with Crippen LogP contribution in [0.4, 0.5) is 5.69 Å². The number of hydrogen-bond acceptors (Lipinski definition) is 2. The molecule has 1 aromatic heterocycles. The van der Waals surface area contributed by atoms with E-state index in [1.165, 1.54) is 4.68 Å². The summed E-state index contributed by atoms with van der Waals surface area (Å²) < 4.78 is 3.32. The number of nitrogens with two attached hydrogens (primary N) is 1. The molecule has 2 rings (SSSR count). The van der Waals surface area contributed by atoms with Crippen LogP contribution in [0.3, 0.4) is 0 Å². The molecule has 0 radical (unpaired) electrons. The fraction of sp³-hybridized carbons (Fsp3) is 0.308. The Morgan fingerprint density at radius 1 is 1.33 bits per heavy atom. The van der Waals surface area contributed by atoms with Gasteiger partial charge in [0.25, 0.3) is 5.56 Å². The average Bonchev–Trinajstić information content (AvgIpc) is 2.50. The topological polar surface area (TPSA) is 53.0 Å². The van der Waals surface area contributed by atoms with E-state index in [0.29, 0.717) is 16.4 Å². The number of aromatic nitrogens is 2. The van der Waals surface area contributed by atoms with Gasteiger partial charge in [-0.1, -0.05) is 31.5 Å². The zero-order valence-corrected chi connectivity index (χ0v) is 11.4. The molecule has 2 N–H and O–H groups in total. The van der Waals surface area contributed by atoms with Crippen molar-refractivity contribution < 1.29 is 0 Å². The molecule has 0 aliphatic heterocycles. The molecule has 2 aromatic rings. The molecular formula is C13H16ClN3O. The smallest absolute Gasteiger partial charge is 0.294 e. The molecule has 4 nitrogen and oxygen atoms in total. The Balaban J connectivity index is 2.74. The van der Waals surface area contributed by atoms with Crippen LogP contribution in [0, 0.1) is 0 Å². The van der Waals surface area contributed by atoms with E-state index in [0.717, 1.165) is 5.69 Å². The second-order valence-corrected chi connectivity index (χ2v) is 5.01. The van der Waals surface area contributed by atoms with Gasteiger partial charge in [0.1, 0.15) is 5.69 Å². The monoisotopic (exact) mass is 265 g/mol. The largest absolute Gasteiger partial charge is 0.393 e. The normalized spacial score (nSPS) is 11.2. The number of anilines is 1. The molecule has 0 spiro atoms. The summed E-state index contributed by atoms with van der Waals surface area (Å²) in [7, 11) is 1.83. The van der Waals surface area contributed by atoms with E-state index in [1.807, 2.05) is 33.0 Å². The first kappa shape index (κ1) is 12.8. The molecule has 1 heterocycles. The Hall–Kier alpha value is -1.68. The van der Waals surface area contributed by atoms with Gasteiger partial charge in [0.15, 0.2) is 0 Å². The molecule has 0 bridgehead atoms. The van der Waals surface area contributed by atoms with Crippen LogP contribution >= 0.6 is 11.6 Å². The molecule has 0 atom stereocenters. The van der Waals surface area contributed by atoms with E-state index in [9.17, 15) is 4.79 Å². The first-order valence-electron chi connectivity index (χ1n) is 5.76. The minimum Gasteiger partial charge on any atom is -0.393 e. The highest BCUT2D eigenvalue weighted by Gasteiger charge is 2.18. The summed E-state index contributed by atoms with van der Waals surface area (Å²) in [5.74, 6) is 0.183. The van der Waals surface area contributed by atoms with Crippen molar-refractivity contribution in [3.8, 4) is 5.69 Å². The van der Waals surface area contributed by atoms with Gasteiger partial charge in [0, 0.05) is 12.1 Å². The Bertz CT molecular complexity index is 640. The van der Waals surface area contributed by atoms with Crippen molar-refractivity contribution in [3.63, 3.8) is 0 Å². The summed E-state index contributed by atoms with van der Waals surface area (Å²) in [5, 5.41) is 0.588.